The van der Waals surface area contributed by atoms with Crippen LogP contribution in [0.15, 0.2) is 0 Å². The Morgan fingerprint density at radius 3 is 1.50 bits per heavy atom. The van der Waals surface area contributed by atoms with E-state index in [0.717, 1.165) is 6.16 Å². The van der Waals surface area contributed by atoms with Gasteiger partial charge in [-0.05, 0) is 31.8 Å². The molecule has 0 amide bonds. The first-order chi connectivity index (χ1) is 7.77. The molecule has 2 rings (SSSR count). The average Bonchev–Trinajstić information content (AvgIpc) is 2.40. The first-order valence-electron chi connectivity index (χ1n) is 7.36. The van der Waals surface area contributed by atoms with Gasteiger partial charge in [-0.3, -0.25) is 0 Å². The molecule has 16 heavy (non-hydrogen) atoms. The summed E-state index contributed by atoms with van der Waals surface area (Å²) in [4.78, 5) is 0. The smallest absolute Gasteiger partial charge is 0.0933 e. The summed E-state index contributed by atoms with van der Waals surface area (Å²) in [6.07, 6.45) is 14.1. The minimum Gasteiger partial charge on any atom is -0.323 e. The normalized spacial score (nSPS) is 25.8. The fourth-order valence-electron chi connectivity index (χ4n) is 3.85. The van der Waals surface area contributed by atoms with Crippen molar-refractivity contribution in [1.29, 1.82) is 0 Å². The molecule has 0 bridgehead atoms. The molecule has 0 aromatic carbocycles. The Bertz CT molecular complexity index is 227. The third-order valence-electron chi connectivity index (χ3n) is 4.88. The van der Waals surface area contributed by atoms with Crippen LogP contribution in [-0.2, 0) is 4.57 Å². The van der Waals surface area contributed by atoms with Crippen LogP contribution in [0.2, 0.25) is 0 Å². The quantitative estimate of drug-likeness (QED) is 0.634. The summed E-state index contributed by atoms with van der Waals surface area (Å²) in [7, 11) is -1.85. The molecule has 1 nitrogen and oxygen atoms in total. The summed E-state index contributed by atoms with van der Waals surface area (Å²) in [5.41, 5.74) is 1.21. The Morgan fingerprint density at radius 2 is 1.19 bits per heavy atom. The Balaban J connectivity index is 2.06. The van der Waals surface area contributed by atoms with Gasteiger partial charge in [0.2, 0.25) is 0 Å². The van der Waals surface area contributed by atoms with Gasteiger partial charge in [0.25, 0.3) is 0 Å². The highest BCUT2D eigenvalue weighted by molar-refractivity contribution is 7.65. The predicted octanol–water partition coefficient (Wildman–Crippen LogP) is 5.03. The second kappa shape index (κ2) is 5.71. The van der Waals surface area contributed by atoms with Gasteiger partial charge >= 0.3 is 0 Å². The highest BCUT2D eigenvalue weighted by atomic mass is 31.2. The zero-order valence-electron chi connectivity index (χ0n) is 10.8. The number of hydrogen-bond acceptors (Lipinski definition) is 1. The lowest BCUT2D eigenvalue weighted by atomic mass is 9.99. The molecule has 2 fully saturated rings. The van der Waals surface area contributed by atoms with E-state index in [4.69, 9.17) is 0 Å². The summed E-state index contributed by atoms with van der Waals surface area (Å²) in [6.45, 7) is 2.18. The van der Waals surface area contributed by atoms with Crippen molar-refractivity contribution in [1.82, 2.24) is 0 Å². The molecule has 2 saturated carbocycles. The molecular weight excluding hydrogens is 215 g/mol. The van der Waals surface area contributed by atoms with E-state index < -0.39 is 7.14 Å². The van der Waals surface area contributed by atoms with Crippen molar-refractivity contribution in [2.45, 2.75) is 82.4 Å². The molecule has 0 radical (unpaired) electrons. The molecule has 2 aliphatic carbocycles. The molecule has 0 N–H and O–H groups in total. The minimum absolute atomic E-state index is 0.606. The van der Waals surface area contributed by atoms with Gasteiger partial charge in [-0.2, -0.15) is 0 Å². The highest BCUT2D eigenvalue weighted by Gasteiger charge is 2.39. The maximum Gasteiger partial charge on any atom is 0.0933 e. The molecule has 0 unspecified atom stereocenters. The number of hydrogen-bond donors (Lipinski definition) is 0. The first kappa shape index (κ1) is 12.7. The lowest BCUT2D eigenvalue weighted by Crippen LogP contribution is -2.24. The second-order valence-corrected chi connectivity index (χ2v) is 9.56. The van der Waals surface area contributed by atoms with Gasteiger partial charge in [-0.1, -0.05) is 45.4 Å². The van der Waals surface area contributed by atoms with E-state index >= 15 is 0 Å². The van der Waals surface area contributed by atoms with Gasteiger partial charge in [0.05, 0.1) is 7.14 Å². The van der Waals surface area contributed by atoms with E-state index in [1.807, 2.05) is 0 Å². The first-order valence-corrected chi connectivity index (χ1v) is 9.39. The summed E-state index contributed by atoms with van der Waals surface area (Å²) >= 11 is 0. The fourth-order valence-corrected chi connectivity index (χ4v) is 7.96. The molecule has 2 heteroatoms. The van der Waals surface area contributed by atoms with Crippen LogP contribution < -0.4 is 0 Å². The van der Waals surface area contributed by atoms with E-state index in [-0.39, 0.29) is 0 Å². The standard InChI is InChI=1S/C14H27OP/c1-2-16(15,13-9-5-3-6-10-13)14-11-7-4-8-12-14/h13-14H,2-12H2,1H3. The Morgan fingerprint density at radius 1 is 0.812 bits per heavy atom. The van der Waals surface area contributed by atoms with Gasteiger partial charge in [-0.15, -0.1) is 0 Å². The monoisotopic (exact) mass is 242 g/mol. The van der Waals surface area contributed by atoms with Gasteiger partial charge < -0.3 is 4.57 Å². The molecule has 0 aromatic rings. The summed E-state index contributed by atoms with van der Waals surface area (Å²) in [6, 6.07) is 0. The van der Waals surface area contributed by atoms with Gasteiger partial charge in [0.1, 0.15) is 0 Å². The molecule has 0 aromatic heterocycles. The summed E-state index contributed by atoms with van der Waals surface area (Å²) in [5, 5.41) is 0. The van der Waals surface area contributed by atoms with Crippen molar-refractivity contribution in [3.63, 3.8) is 0 Å². The van der Waals surface area contributed by atoms with Crippen molar-refractivity contribution in [3.05, 3.63) is 0 Å². The van der Waals surface area contributed by atoms with Crippen molar-refractivity contribution in [2.24, 2.45) is 0 Å². The SMILES string of the molecule is CCP(=O)(C1CCCCC1)C1CCCCC1. The minimum atomic E-state index is -1.85. The molecular formula is C14H27OP. The third-order valence-corrected chi connectivity index (χ3v) is 9.37. The molecule has 0 saturated heterocycles. The topological polar surface area (TPSA) is 17.1 Å². The largest absolute Gasteiger partial charge is 0.323 e. The van der Waals surface area contributed by atoms with E-state index in [9.17, 15) is 4.57 Å². The van der Waals surface area contributed by atoms with Crippen LogP contribution in [0.5, 0.6) is 0 Å². The van der Waals surface area contributed by atoms with Gasteiger partial charge in [-0.25, -0.2) is 0 Å². The van der Waals surface area contributed by atoms with Crippen molar-refractivity contribution >= 4 is 7.14 Å². The Kier molecular flexibility index (Phi) is 4.53. The van der Waals surface area contributed by atoms with E-state index in [2.05, 4.69) is 6.92 Å². The molecule has 0 heterocycles. The molecule has 0 aliphatic heterocycles. The van der Waals surface area contributed by atoms with Crippen LogP contribution in [0.4, 0.5) is 0 Å². The van der Waals surface area contributed by atoms with Crippen LogP contribution >= 0.6 is 7.14 Å². The zero-order chi connectivity index (χ0) is 11.4. The van der Waals surface area contributed by atoms with Crippen molar-refractivity contribution < 1.29 is 4.57 Å². The molecule has 94 valence electrons. The average molecular weight is 242 g/mol. The van der Waals surface area contributed by atoms with Gasteiger partial charge in [0.15, 0.2) is 0 Å². The van der Waals surface area contributed by atoms with Crippen LogP contribution in [-0.4, -0.2) is 17.5 Å². The van der Waals surface area contributed by atoms with E-state index in [1.54, 1.807) is 0 Å². The zero-order valence-corrected chi connectivity index (χ0v) is 11.7. The molecule has 0 atom stereocenters. The highest BCUT2D eigenvalue weighted by Crippen LogP contribution is 2.62. The summed E-state index contributed by atoms with van der Waals surface area (Å²) in [5.74, 6) is 0. The van der Waals surface area contributed by atoms with Crippen LogP contribution in [0.1, 0.15) is 71.1 Å². The van der Waals surface area contributed by atoms with Gasteiger partial charge in [0, 0.05) is 11.3 Å². The number of rotatable bonds is 3. The summed E-state index contributed by atoms with van der Waals surface area (Å²) < 4.78 is 13.3. The Labute approximate surface area is 101 Å². The lowest BCUT2D eigenvalue weighted by Gasteiger charge is -2.37. The molecule has 2 aliphatic rings. The Hall–Kier alpha value is 0.230. The maximum absolute atomic E-state index is 13.3. The maximum atomic E-state index is 13.3. The molecule has 0 spiro atoms. The second-order valence-electron chi connectivity index (χ2n) is 5.75. The van der Waals surface area contributed by atoms with Crippen molar-refractivity contribution in [3.8, 4) is 0 Å². The van der Waals surface area contributed by atoms with Crippen LogP contribution in [0, 0.1) is 0 Å². The van der Waals surface area contributed by atoms with Crippen LogP contribution in [0.25, 0.3) is 0 Å². The lowest BCUT2D eigenvalue weighted by molar-refractivity contribution is 0.448. The fraction of sp³-hybridized carbons (Fsp3) is 1.00. The third kappa shape index (κ3) is 2.55. The van der Waals surface area contributed by atoms with E-state index in [1.165, 1.54) is 64.2 Å². The van der Waals surface area contributed by atoms with E-state index in [0.29, 0.717) is 11.3 Å². The van der Waals surface area contributed by atoms with Crippen LogP contribution in [0.3, 0.4) is 0 Å². The van der Waals surface area contributed by atoms with Crippen molar-refractivity contribution in [2.75, 3.05) is 6.16 Å². The predicted molar refractivity (Wildman–Crippen MR) is 71.9 cm³/mol.